The molecule has 0 aliphatic rings. The van der Waals surface area contributed by atoms with Crippen molar-refractivity contribution in [2.24, 2.45) is 5.84 Å². The van der Waals surface area contributed by atoms with E-state index in [-0.39, 0.29) is 11.1 Å². The molecular formula is C14H17Cl2FN4. The Labute approximate surface area is 133 Å². The summed E-state index contributed by atoms with van der Waals surface area (Å²) < 4.78 is 15.4. The van der Waals surface area contributed by atoms with Gasteiger partial charge in [0.1, 0.15) is 5.82 Å². The van der Waals surface area contributed by atoms with Crippen LogP contribution in [0.2, 0.25) is 10.0 Å². The monoisotopic (exact) mass is 330 g/mol. The Morgan fingerprint density at radius 1 is 1.43 bits per heavy atom. The van der Waals surface area contributed by atoms with E-state index in [1.165, 1.54) is 12.1 Å². The van der Waals surface area contributed by atoms with Crippen LogP contribution in [0.5, 0.6) is 0 Å². The van der Waals surface area contributed by atoms with E-state index in [1.54, 1.807) is 6.07 Å². The molecule has 1 unspecified atom stereocenters. The van der Waals surface area contributed by atoms with Gasteiger partial charge in [0.05, 0.1) is 27.5 Å². The molecule has 114 valence electrons. The molecule has 0 spiro atoms. The summed E-state index contributed by atoms with van der Waals surface area (Å²) in [5.74, 6) is 5.14. The molecule has 7 heteroatoms. The zero-order valence-electron chi connectivity index (χ0n) is 11.8. The zero-order chi connectivity index (χ0) is 15.6. The van der Waals surface area contributed by atoms with Gasteiger partial charge in [-0.05, 0) is 31.5 Å². The van der Waals surface area contributed by atoms with Crippen molar-refractivity contribution in [3.63, 3.8) is 0 Å². The van der Waals surface area contributed by atoms with Gasteiger partial charge in [0.25, 0.3) is 0 Å². The maximum Gasteiger partial charge on any atom is 0.142 e. The van der Waals surface area contributed by atoms with Crippen molar-refractivity contribution >= 4 is 23.2 Å². The number of hydrazine groups is 1. The topological polar surface area (TPSA) is 55.9 Å². The summed E-state index contributed by atoms with van der Waals surface area (Å²) in [6.45, 7) is 4.54. The van der Waals surface area contributed by atoms with Crippen molar-refractivity contribution in [1.82, 2.24) is 15.2 Å². The van der Waals surface area contributed by atoms with Crippen molar-refractivity contribution in [3.8, 4) is 0 Å². The van der Waals surface area contributed by atoms with Gasteiger partial charge in [-0.3, -0.25) is 16.0 Å². The van der Waals surface area contributed by atoms with Gasteiger partial charge in [-0.1, -0.05) is 29.3 Å². The van der Waals surface area contributed by atoms with E-state index < -0.39 is 5.82 Å². The van der Waals surface area contributed by atoms with Gasteiger partial charge in [-0.2, -0.15) is 5.10 Å². The van der Waals surface area contributed by atoms with Crippen LogP contribution >= 0.6 is 23.2 Å². The highest BCUT2D eigenvalue weighted by Gasteiger charge is 2.19. The van der Waals surface area contributed by atoms with Crippen molar-refractivity contribution in [2.75, 3.05) is 0 Å². The van der Waals surface area contributed by atoms with Gasteiger partial charge in [0.2, 0.25) is 0 Å². The molecule has 2 rings (SSSR count). The third-order valence-corrected chi connectivity index (χ3v) is 4.20. The molecular weight excluding hydrogens is 314 g/mol. The largest absolute Gasteiger partial charge is 0.271 e. The molecule has 4 nitrogen and oxygen atoms in total. The lowest BCUT2D eigenvalue weighted by molar-refractivity contribution is 0.513. The lowest BCUT2D eigenvalue weighted by Gasteiger charge is -2.17. The van der Waals surface area contributed by atoms with Gasteiger partial charge in [-0.15, -0.1) is 0 Å². The van der Waals surface area contributed by atoms with Gasteiger partial charge < -0.3 is 0 Å². The minimum absolute atomic E-state index is 0.0852. The molecule has 0 aliphatic heterocycles. The molecule has 0 radical (unpaired) electrons. The molecule has 21 heavy (non-hydrogen) atoms. The molecule has 2 aromatic rings. The maximum absolute atomic E-state index is 13.6. The number of halogens is 3. The number of aromatic nitrogens is 2. The van der Waals surface area contributed by atoms with E-state index >= 15 is 0 Å². The van der Waals surface area contributed by atoms with Crippen LogP contribution in [0.25, 0.3) is 0 Å². The minimum atomic E-state index is -0.472. The summed E-state index contributed by atoms with van der Waals surface area (Å²) in [5, 5.41) is 5.06. The molecule has 0 fully saturated rings. The molecule has 1 heterocycles. The highest BCUT2D eigenvalue weighted by molar-refractivity contribution is 6.32. The SMILES string of the molecule is CCn1nc(C)c(Cl)c1CC(NN)c1ccc(Cl)c(F)c1. The summed E-state index contributed by atoms with van der Waals surface area (Å²) in [6, 6.07) is 4.35. The predicted molar refractivity (Wildman–Crippen MR) is 82.8 cm³/mol. The molecule has 1 aromatic carbocycles. The third-order valence-electron chi connectivity index (χ3n) is 3.40. The van der Waals surface area contributed by atoms with Crippen LogP contribution in [-0.2, 0) is 13.0 Å². The first-order valence-corrected chi connectivity index (χ1v) is 7.36. The van der Waals surface area contributed by atoms with E-state index in [2.05, 4.69) is 10.5 Å². The van der Waals surface area contributed by atoms with E-state index in [9.17, 15) is 4.39 Å². The molecule has 0 amide bonds. The second-order valence-electron chi connectivity index (χ2n) is 4.76. The highest BCUT2D eigenvalue weighted by Crippen LogP contribution is 2.27. The first-order chi connectivity index (χ1) is 9.97. The van der Waals surface area contributed by atoms with Crippen molar-refractivity contribution < 1.29 is 4.39 Å². The summed E-state index contributed by atoms with van der Waals surface area (Å²) in [4.78, 5) is 0. The van der Waals surface area contributed by atoms with Crippen LogP contribution < -0.4 is 11.3 Å². The summed E-state index contributed by atoms with van der Waals surface area (Å²) in [5.41, 5.74) is 5.04. The lowest BCUT2D eigenvalue weighted by atomic mass is 10.0. The van der Waals surface area contributed by atoms with Gasteiger partial charge >= 0.3 is 0 Å². The average molecular weight is 331 g/mol. The normalized spacial score (nSPS) is 12.7. The van der Waals surface area contributed by atoms with Crippen molar-refractivity contribution in [1.29, 1.82) is 0 Å². The van der Waals surface area contributed by atoms with Crippen LogP contribution in [0, 0.1) is 12.7 Å². The highest BCUT2D eigenvalue weighted by atomic mass is 35.5. The first-order valence-electron chi connectivity index (χ1n) is 6.60. The predicted octanol–water partition coefficient (Wildman–Crippen LogP) is 3.40. The average Bonchev–Trinajstić information content (AvgIpc) is 2.75. The molecule has 0 saturated heterocycles. The lowest BCUT2D eigenvalue weighted by Crippen LogP contribution is -2.30. The second kappa shape index (κ2) is 6.75. The van der Waals surface area contributed by atoms with Crippen LogP contribution in [0.4, 0.5) is 4.39 Å². The molecule has 0 bridgehead atoms. The van der Waals surface area contributed by atoms with Gasteiger partial charge in [-0.25, -0.2) is 4.39 Å². The van der Waals surface area contributed by atoms with Gasteiger partial charge in [0, 0.05) is 13.0 Å². The van der Waals surface area contributed by atoms with Crippen LogP contribution in [-0.4, -0.2) is 9.78 Å². The quantitative estimate of drug-likeness (QED) is 0.652. The number of hydrogen-bond donors (Lipinski definition) is 2. The number of nitrogens with zero attached hydrogens (tertiary/aromatic N) is 2. The van der Waals surface area contributed by atoms with Crippen molar-refractivity contribution in [2.45, 2.75) is 32.9 Å². The van der Waals surface area contributed by atoms with E-state index in [4.69, 9.17) is 29.0 Å². The Balaban J connectivity index is 2.33. The summed E-state index contributed by atoms with van der Waals surface area (Å²) >= 11 is 12.0. The Morgan fingerprint density at radius 3 is 2.71 bits per heavy atom. The maximum atomic E-state index is 13.6. The standard InChI is InChI=1S/C14H17Cl2FN4/c1-3-21-13(14(16)8(2)20-21)7-12(19-18)9-4-5-10(15)11(17)6-9/h4-6,12,19H,3,7,18H2,1-2H3. The summed E-state index contributed by atoms with van der Waals surface area (Å²) in [7, 11) is 0. The van der Waals surface area contributed by atoms with Crippen LogP contribution in [0.1, 0.15) is 29.9 Å². The number of hydrogen-bond acceptors (Lipinski definition) is 3. The molecule has 0 aliphatic carbocycles. The summed E-state index contributed by atoms with van der Waals surface area (Å²) in [6.07, 6.45) is 0.505. The van der Waals surface area contributed by atoms with Crippen molar-refractivity contribution in [3.05, 3.63) is 51.0 Å². The molecule has 1 aromatic heterocycles. The Morgan fingerprint density at radius 2 is 2.14 bits per heavy atom. The Hall–Kier alpha value is -1.14. The molecule has 3 N–H and O–H groups in total. The van der Waals surface area contributed by atoms with E-state index in [0.717, 1.165) is 11.4 Å². The second-order valence-corrected chi connectivity index (χ2v) is 5.54. The fourth-order valence-corrected chi connectivity index (χ4v) is 2.59. The van der Waals surface area contributed by atoms with Crippen LogP contribution in [0.15, 0.2) is 18.2 Å². The Kier molecular flexibility index (Phi) is 5.22. The fourth-order valence-electron chi connectivity index (χ4n) is 2.26. The van der Waals surface area contributed by atoms with Gasteiger partial charge in [0.15, 0.2) is 0 Å². The smallest absolute Gasteiger partial charge is 0.142 e. The van der Waals surface area contributed by atoms with E-state index in [0.29, 0.717) is 23.6 Å². The minimum Gasteiger partial charge on any atom is -0.271 e. The Bertz CT molecular complexity index is 642. The van der Waals surface area contributed by atoms with Crippen LogP contribution in [0.3, 0.4) is 0 Å². The number of benzene rings is 1. The molecule has 0 saturated carbocycles. The third kappa shape index (κ3) is 3.37. The fraction of sp³-hybridized carbons (Fsp3) is 0.357. The number of aryl methyl sites for hydroxylation is 2. The zero-order valence-corrected chi connectivity index (χ0v) is 13.3. The number of nitrogens with two attached hydrogens (primary N) is 1. The van der Waals surface area contributed by atoms with E-state index in [1.807, 2.05) is 18.5 Å². The number of rotatable bonds is 5. The first kappa shape index (κ1) is 16.2. The number of nitrogens with one attached hydrogen (secondary N) is 1. The molecule has 1 atom stereocenters.